The number of benzene rings is 1. The minimum absolute atomic E-state index is 0.0390. The second kappa shape index (κ2) is 6.11. The Morgan fingerprint density at radius 3 is 2.56 bits per heavy atom. The highest BCUT2D eigenvalue weighted by Gasteiger charge is 2.50. The molecule has 2 aromatic rings. The lowest BCUT2D eigenvalue weighted by Gasteiger charge is -2.38. The largest absolute Gasteiger partial charge is 0.465 e. The summed E-state index contributed by atoms with van der Waals surface area (Å²) in [5, 5.41) is 6.69. The van der Waals surface area contributed by atoms with Crippen molar-refractivity contribution in [2.24, 2.45) is 12.8 Å². The van der Waals surface area contributed by atoms with Crippen LogP contribution in [0.3, 0.4) is 0 Å². The Morgan fingerprint density at radius 2 is 1.93 bits per heavy atom. The van der Waals surface area contributed by atoms with E-state index in [-0.39, 0.29) is 11.4 Å². The summed E-state index contributed by atoms with van der Waals surface area (Å²) >= 11 is 0. The van der Waals surface area contributed by atoms with Crippen LogP contribution in [0.1, 0.15) is 28.7 Å². The number of nitrogens with zero attached hydrogens (tertiary/aromatic N) is 3. The van der Waals surface area contributed by atoms with Crippen LogP contribution in [0.4, 0.5) is 11.4 Å². The van der Waals surface area contributed by atoms with Gasteiger partial charge >= 0.3 is 0 Å². The molecule has 0 bridgehead atoms. The summed E-state index contributed by atoms with van der Waals surface area (Å²) in [6.07, 6.45) is 0. The molecule has 9 heteroatoms. The first-order valence-electron chi connectivity index (χ1n) is 8.29. The van der Waals surface area contributed by atoms with E-state index in [1.807, 2.05) is 13.0 Å². The topological polar surface area (TPSA) is 120 Å². The van der Waals surface area contributed by atoms with Crippen LogP contribution >= 0.6 is 0 Å². The van der Waals surface area contributed by atoms with E-state index in [2.05, 4.69) is 10.4 Å². The number of nitrogens with two attached hydrogens (primary N) is 1. The van der Waals surface area contributed by atoms with Gasteiger partial charge in [0.05, 0.1) is 17.1 Å². The summed E-state index contributed by atoms with van der Waals surface area (Å²) in [7, 11) is 3.12. The number of rotatable bonds is 3. The maximum Gasteiger partial charge on any atom is 0.280 e. The molecule has 3 rings (SSSR count). The molecular weight excluding hydrogens is 350 g/mol. The molecule has 1 atom stereocenters. The van der Waals surface area contributed by atoms with Crippen LogP contribution in [0.25, 0.3) is 0 Å². The first-order chi connectivity index (χ1) is 12.6. The molecule has 2 heterocycles. The summed E-state index contributed by atoms with van der Waals surface area (Å²) in [6.45, 7) is 4.91. The smallest absolute Gasteiger partial charge is 0.280 e. The lowest BCUT2D eigenvalue weighted by molar-refractivity contribution is -0.144. The number of anilines is 2. The fraction of sp³-hybridized carbons (Fsp3) is 0.333. The quantitative estimate of drug-likeness (QED) is 0.777. The monoisotopic (exact) mass is 371 g/mol. The van der Waals surface area contributed by atoms with Gasteiger partial charge in [0.1, 0.15) is 11.4 Å². The van der Waals surface area contributed by atoms with Crippen LogP contribution < -0.4 is 20.7 Å². The number of amides is 3. The average molecular weight is 371 g/mol. The summed E-state index contributed by atoms with van der Waals surface area (Å²) in [6, 6.07) is 5.35. The molecular formula is C18H21N5O4. The standard InChI is InChI=1S/C18H21N5O4/c1-9-6-7-12-11(8-9)22(4)17(26)18(3,27-12)16(25)20-13-10(2)21-23(5)14(13)15(19)24/h6-8H,1-5H3,(H2,19,24)(H,20,25). The summed E-state index contributed by atoms with van der Waals surface area (Å²) in [5.41, 5.74) is 5.71. The Labute approximate surface area is 156 Å². The van der Waals surface area contributed by atoms with Gasteiger partial charge < -0.3 is 20.7 Å². The van der Waals surface area contributed by atoms with E-state index in [1.54, 1.807) is 33.2 Å². The minimum atomic E-state index is -1.81. The van der Waals surface area contributed by atoms with Gasteiger partial charge in [-0.2, -0.15) is 5.10 Å². The van der Waals surface area contributed by atoms with Gasteiger partial charge in [0.15, 0.2) is 0 Å². The number of carbonyl (C=O) groups is 3. The van der Waals surface area contributed by atoms with E-state index < -0.39 is 23.3 Å². The molecule has 0 aliphatic carbocycles. The second-order valence-electron chi connectivity index (χ2n) is 6.72. The van der Waals surface area contributed by atoms with Gasteiger partial charge in [0.25, 0.3) is 23.3 Å². The number of carbonyl (C=O) groups excluding carboxylic acids is 3. The molecule has 27 heavy (non-hydrogen) atoms. The molecule has 0 saturated carbocycles. The van der Waals surface area contributed by atoms with Gasteiger partial charge in [-0.05, 0) is 38.5 Å². The van der Waals surface area contributed by atoms with E-state index in [9.17, 15) is 14.4 Å². The number of primary amides is 1. The Hall–Kier alpha value is -3.36. The third-order valence-electron chi connectivity index (χ3n) is 4.63. The molecule has 1 aromatic heterocycles. The maximum atomic E-state index is 13.0. The van der Waals surface area contributed by atoms with Crippen LogP contribution in [0.15, 0.2) is 18.2 Å². The molecule has 0 saturated heterocycles. The van der Waals surface area contributed by atoms with Crippen molar-refractivity contribution in [1.82, 2.24) is 9.78 Å². The Balaban J connectivity index is 1.99. The van der Waals surface area contributed by atoms with Crippen LogP contribution in [-0.2, 0) is 16.6 Å². The molecule has 3 amide bonds. The third kappa shape index (κ3) is 2.80. The first-order valence-corrected chi connectivity index (χ1v) is 8.29. The normalized spacial score (nSPS) is 18.7. The molecule has 3 N–H and O–H groups in total. The molecule has 0 fully saturated rings. The second-order valence-corrected chi connectivity index (χ2v) is 6.72. The molecule has 142 valence electrons. The zero-order valence-corrected chi connectivity index (χ0v) is 15.8. The Kier molecular flexibility index (Phi) is 4.17. The summed E-state index contributed by atoms with van der Waals surface area (Å²) in [5.74, 6) is -1.57. The highest BCUT2D eigenvalue weighted by Crippen LogP contribution is 2.38. The van der Waals surface area contributed by atoms with E-state index in [1.165, 1.54) is 16.5 Å². The lowest BCUT2D eigenvalue weighted by atomic mass is 9.99. The highest BCUT2D eigenvalue weighted by molar-refractivity contribution is 6.20. The Morgan fingerprint density at radius 1 is 1.26 bits per heavy atom. The average Bonchev–Trinajstić information content (AvgIpc) is 2.87. The number of fused-ring (bicyclic) bond motifs is 1. The molecule has 9 nitrogen and oxygen atoms in total. The van der Waals surface area contributed by atoms with Crippen molar-refractivity contribution in [2.45, 2.75) is 26.4 Å². The van der Waals surface area contributed by atoms with Crippen molar-refractivity contribution < 1.29 is 19.1 Å². The number of likely N-dealkylation sites (N-methyl/N-ethyl adjacent to an activating group) is 1. The van der Waals surface area contributed by atoms with Crippen LogP contribution in [0.2, 0.25) is 0 Å². The van der Waals surface area contributed by atoms with Crippen molar-refractivity contribution >= 4 is 29.1 Å². The van der Waals surface area contributed by atoms with Gasteiger partial charge in [-0.25, -0.2) is 0 Å². The number of ether oxygens (including phenoxy) is 1. The minimum Gasteiger partial charge on any atom is -0.465 e. The van der Waals surface area contributed by atoms with Crippen LogP contribution in [0, 0.1) is 13.8 Å². The number of hydrogen-bond acceptors (Lipinski definition) is 5. The van der Waals surface area contributed by atoms with E-state index in [4.69, 9.17) is 10.5 Å². The Bertz CT molecular complexity index is 980. The van der Waals surface area contributed by atoms with Crippen molar-refractivity contribution in [3.05, 3.63) is 35.2 Å². The predicted molar refractivity (Wildman–Crippen MR) is 98.7 cm³/mol. The van der Waals surface area contributed by atoms with Crippen molar-refractivity contribution in [1.29, 1.82) is 0 Å². The van der Waals surface area contributed by atoms with Crippen molar-refractivity contribution in [3.8, 4) is 5.75 Å². The van der Waals surface area contributed by atoms with E-state index >= 15 is 0 Å². The van der Waals surface area contributed by atoms with Gasteiger partial charge in [-0.15, -0.1) is 0 Å². The molecule has 1 aliphatic rings. The molecule has 0 spiro atoms. The molecule has 1 aliphatic heterocycles. The number of hydrogen-bond donors (Lipinski definition) is 2. The molecule has 0 radical (unpaired) electrons. The highest BCUT2D eigenvalue weighted by atomic mass is 16.5. The van der Waals surface area contributed by atoms with Gasteiger partial charge in [0, 0.05) is 14.1 Å². The van der Waals surface area contributed by atoms with Gasteiger partial charge in [-0.1, -0.05) is 6.07 Å². The van der Waals surface area contributed by atoms with Gasteiger partial charge in [0.2, 0.25) is 0 Å². The van der Waals surface area contributed by atoms with Crippen molar-refractivity contribution in [3.63, 3.8) is 0 Å². The number of aryl methyl sites for hydroxylation is 3. The zero-order valence-electron chi connectivity index (χ0n) is 15.8. The van der Waals surface area contributed by atoms with Gasteiger partial charge in [-0.3, -0.25) is 19.1 Å². The zero-order chi connectivity index (χ0) is 20.1. The van der Waals surface area contributed by atoms with Crippen LogP contribution in [-0.4, -0.2) is 40.2 Å². The SMILES string of the molecule is Cc1ccc2c(c1)N(C)C(=O)C(C)(C(=O)Nc1c(C)nn(C)c1C(N)=O)O2. The predicted octanol–water partition coefficient (Wildman–Crippen LogP) is 0.888. The number of nitrogens with one attached hydrogen (secondary N) is 1. The molecule has 1 unspecified atom stereocenters. The third-order valence-corrected chi connectivity index (χ3v) is 4.63. The number of aromatic nitrogens is 2. The fourth-order valence-electron chi connectivity index (χ4n) is 3.14. The summed E-state index contributed by atoms with van der Waals surface area (Å²) in [4.78, 5) is 39.0. The molecule has 1 aromatic carbocycles. The maximum absolute atomic E-state index is 13.0. The van der Waals surface area contributed by atoms with Crippen molar-refractivity contribution in [2.75, 3.05) is 17.3 Å². The van der Waals surface area contributed by atoms with E-state index in [0.717, 1.165) is 5.56 Å². The lowest BCUT2D eigenvalue weighted by Crippen LogP contribution is -2.59. The van der Waals surface area contributed by atoms with Crippen LogP contribution in [0.5, 0.6) is 5.75 Å². The fourth-order valence-corrected chi connectivity index (χ4v) is 3.14. The van der Waals surface area contributed by atoms with E-state index in [0.29, 0.717) is 17.1 Å². The summed E-state index contributed by atoms with van der Waals surface area (Å²) < 4.78 is 7.07. The first kappa shape index (κ1) is 18.4.